The zero-order valence-corrected chi connectivity index (χ0v) is 9.61. The van der Waals surface area contributed by atoms with E-state index >= 15 is 0 Å². The van der Waals surface area contributed by atoms with Gasteiger partial charge >= 0.3 is 5.97 Å². The number of hydrogen-bond donors (Lipinski definition) is 1. The summed E-state index contributed by atoms with van der Waals surface area (Å²) in [4.78, 5) is 14.8. The summed E-state index contributed by atoms with van der Waals surface area (Å²) in [7, 11) is 1.79. The van der Waals surface area contributed by atoms with Crippen LogP contribution in [-0.4, -0.2) is 25.8 Å². The summed E-state index contributed by atoms with van der Waals surface area (Å²) in [5, 5.41) is 12.8. The van der Waals surface area contributed by atoms with Crippen molar-refractivity contribution in [3.05, 3.63) is 11.6 Å². The first-order chi connectivity index (χ1) is 6.80. The highest BCUT2D eigenvalue weighted by Gasteiger charge is 2.20. The van der Waals surface area contributed by atoms with Crippen LogP contribution in [0.4, 0.5) is 0 Å². The number of aliphatic carboxylic acids is 1. The molecule has 0 aliphatic heterocycles. The van der Waals surface area contributed by atoms with Crippen molar-refractivity contribution in [3.8, 4) is 0 Å². The van der Waals surface area contributed by atoms with E-state index in [0.29, 0.717) is 6.42 Å². The van der Waals surface area contributed by atoms with Crippen LogP contribution in [0.5, 0.6) is 0 Å². The van der Waals surface area contributed by atoms with Crippen molar-refractivity contribution in [1.29, 1.82) is 0 Å². The van der Waals surface area contributed by atoms with E-state index in [9.17, 15) is 4.79 Å². The summed E-state index contributed by atoms with van der Waals surface area (Å²) >= 11 is 0. The lowest BCUT2D eigenvalue weighted by Crippen LogP contribution is -2.13. The SMILES string of the molecule is Cn1nc(C(C)(C)C)nc1CCC(=O)O. The Morgan fingerprint density at radius 2 is 2.07 bits per heavy atom. The van der Waals surface area contributed by atoms with Crippen LogP contribution < -0.4 is 0 Å². The maximum Gasteiger partial charge on any atom is 0.303 e. The second kappa shape index (κ2) is 4.00. The number of carboxylic acid groups (broad SMARTS) is 1. The molecule has 0 spiro atoms. The van der Waals surface area contributed by atoms with Gasteiger partial charge in [-0.3, -0.25) is 9.48 Å². The summed E-state index contributed by atoms with van der Waals surface area (Å²) in [5.74, 6) is 0.669. The topological polar surface area (TPSA) is 68.0 Å². The van der Waals surface area contributed by atoms with Crippen LogP contribution in [0.3, 0.4) is 0 Å². The lowest BCUT2D eigenvalue weighted by Gasteiger charge is -2.11. The van der Waals surface area contributed by atoms with E-state index in [4.69, 9.17) is 5.11 Å². The van der Waals surface area contributed by atoms with Crippen LogP contribution >= 0.6 is 0 Å². The summed E-state index contributed by atoms with van der Waals surface area (Å²) in [6, 6.07) is 0. The second-order valence-corrected chi connectivity index (χ2v) is 4.62. The highest BCUT2D eigenvalue weighted by Crippen LogP contribution is 2.18. The molecule has 0 saturated heterocycles. The first kappa shape index (κ1) is 11.7. The van der Waals surface area contributed by atoms with Gasteiger partial charge < -0.3 is 5.11 Å². The van der Waals surface area contributed by atoms with Crippen LogP contribution in [0.15, 0.2) is 0 Å². The van der Waals surface area contributed by atoms with Crippen LogP contribution in [0.1, 0.15) is 38.8 Å². The largest absolute Gasteiger partial charge is 0.481 e. The third-order valence-electron chi connectivity index (χ3n) is 2.09. The predicted molar refractivity (Wildman–Crippen MR) is 55.7 cm³/mol. The Morgan fingerprint density at radius 3 is 2.47 bits per heavy atom. The molecular weight excluding hydrogens is 194 g/mol. The monoisotopic (exact) mass is 211 g/mol. The van der Waals surface area contributed by atoms with Gasteiger partial charge in [0.2, 0.25) is 0 Å². The molecule has 1 N–H and O–H groups in total. The van der Waals surface area contributed by atoms with Crippen molar-refractivity contribution in [2.45, 2.75) is 39.0 Å². The van der Waals surface area contributed by atoms with E-state index in [-0.39, 0.29) is 11.8 Å². The maximum absolute atomic E-state index is 10.4. The Kier molecular flexibility index (Phi) is 3.12. The fourth-order valence-electron chi connectivity index (χ4n) is 1.17. The van der Waals surface area contributed by atoms with Gasteiger partial charge in [0.05, 0.1) is 6.42 Å². The molecule has 0 amide bonds. The van der Waals surface area contributed by atoms with Crippen LogP contribution in [0.25, 0.3) is 0 Å². The van der Waals surface area contributed by atoms with Gasteiger partial charge in [0.25, 0.3) is 0 Å². The lowest BCUT2D eigenvalue weighted by atomic mass is 9.96. The highest BCUT2D eigenvalue weighted by molar-refractivity contribution is 5.66. The first-order valence-electron chi connectivity index (χ1n) is 4.93. The molecule has 5 nitrogen and oxygen atoms in total. The van der Waals surface area contributed by atoms with E-state index in [0.717, 1.165) is 11.6 Å². The van der Waals surface area contributed by atoms with Crippen molar-refractivity contribution in [2.24, 2.45) is 7.05 Å². The van der Waals surface area contributed by atoms with Crippen molar-refractivity contribution < 1.29 is 9.90 Å². The molecule has 0 fully saturated rings. The molecule has 1 heterocycles. The summed E-state index contributed by atoms with van der Waals surface area (Å²) in [5.41, 5.74) is -0.0980. The molecule has 0 unspecified atom stereocenters. The van der Waals surface area contributed by atoms with Gasteiger partial charge in [-0.05, 0) is 0 Å². The van der Waals surface area contributed by atoms with E-state index in [1.807, 2.05) is 20.8 Å². The molecule has 0 aromatic carbocycles. The number of rotatable bonds is 3. The Morgan fingerprint density at radius 1 is 1.47 bits per heavy atom. The maximum atomic E-state index is 10.4. The van der Waals surface area contributed by atoms with Crippen molar-refractivity contribution in [1.82, 2.24) is 14.8 Å². The number of aryl methyl sites for hydroxylation is 2. The predicted octanol–water partition coefficient (Wildman–Crippen LogP) is 1.13. The molecule has 1 aromatic heterocycles. The zero-order valence-electron chi connectivity index (χ0n) is 9.61. The van der Waals surface area contributed by atoms with Gasteiger partial charge in [-0.15, -0.1) is 0 Å². The normalized spacial score (nSPS) is 11.7. The van der Waals surface area contributed by atoms with Gasteiger partial charge in [-0.25, -0.2) is 4.98 Å². The van der Waals surface area contributed by atoms with Crippen LogP contribution in [-0.2, 0) is 23.7 Å². The minimum absolute atomic E-state index is 0.0934. The molecule has 0 aliphatic carbocycles. The van der Waals surface area contributed by atoms with Gasteiger partial charge in [0, 0.05) is 18.9 Å². The fraction of sp³-hybridized carbons (Fsp3) is 0.700. The number of nitrogens with zero attached hydrogens (tertiary/aromatic N) is 3. The molecule has 1 aromatic rings. The highest BCUT2D eigenvalue weighted by atomic mass is 16.4. The summed E-state index contributed by atoms with van der Waals surface area (Å²) in [6.45, 7) is 6.09. The van der Waals surface area contributed by atoms with E-state index < -0.39 is 5.97 Å². The van der Waals surface area contributed by atoms with Crippen LogP contribution in [0.2, 0.25) is 0 Å². The smallest absolute Gasteiger partial charge is 0.303 e. The van der Waals surface area contributed by atoms with Crippen molar-refractivity contribution in [2.75, 3.05) is 0 Å². The van der Waals surface area contributed by atoms with E-state index in [1.165, 1.54) is 0 Å². The molecule has 0 radical (unpaired) electrons. The third-order valence-corrected chi connectivity index (χ3v) is 2.09. The standard InChI is InChI=1S/C10H17N3O2/c1-10(2,3)9-11-7(13(4)12-9)5-6-8(14)15/h5-6H2,1-4H3,(H,14,15). The third kappa shape index (κ3) is 3.04. The summed E-state index contributed by atoms with van der Waals surface area (Å²) < 4.78 is 1.66. The Bertz CT molecular complexity index is 363. The number of aromatic nitrogens is 3. The average molecular weight is 211 g/mol. The molecular formula is C10H17N3O2. The Hall–Kier alpha value is -1.39. The molecule has 15 heavy (non-hydrogen) atoms. The second-order valence-electron chi connectivity index (χ2n) is 4.62. The van der Waals surface area contributed by atoms with E-state index in [2.05, 4.69) is 10.1 Å². The van der Waals surface area contributed by atoms with Crippen LogP contribution in [0, 0.1) is 0 Å². The number of hydrogen-bond acceptors (Lipinski definition) is 3. The number of carboxylic acids is 1. The first-order valence-corrected chi connectivity index (χ1v) is 4.93. The Labute approximate surface area is 89.1 Å². The molecule has 0 saturated carbocycles. The molecule has 0 aliphatic rings. The van der Waals surface area contributed by atoms with E-state index in [1.54, 1.807) is 11.7 Å². The molecule has 1 rings (SSSR count). The molecule has 5 heteroatoms. The van der Waals surface area contributed by atoms with Gasteiger partial charge in [0.15, 0.2) is 5.82 Å². The zero-order chi connectivity index (χ0) is 11.6. The van der Waals surface area contributed by atoms with Gasteiger partial charge in [-0.2, -0.15) is 5.10 Å². The summed E-state index contributed by atoms with van der Waals surface area (Å²) in [6.07, 6.45) is 0.519. The fourth-order valence-corrected chi connectivity index (χ4v) is 1.17. The van der Waals surface area contributed by atoms with Gasteiger partial charge in [0.1, 0.15) is 5.82 Å². The van der Waals surface area contributed by atoms with Crippen molar-refractivity contribution in [3.63, 3.8) is 0 Å². The minimum atomic E-state index is -0.810. The van der Waals surface area contributed by atoms with Gasteiger partial charge in [-0.1, -0.05) is 20.8 Å². The number of carbonyl (C=O) groups is 1. The minimum Gasteiger partial charge on any atom is -0.481 e. The van der Waals surface area contributed by atoms with Crippen molar-refractivity contribution >= 4 is 5.97 Å². The lowest BCUT2D eigenvalue weighted by molar-refractivity contribution is -0.137. The molecule has 0 bridgehead atoms. The average Bonchev–Trinajstić information content (AvgIpc) is 2.42. The quantitative estimate of drug-likeness (QED) is 0.813. The molecule has 0 atom stereocenters. The molecule has 84 valence electrons. The Balaban J connectivity index is 2.82.